The Morgan fingerprint density at radius 3 is 1.58 bits per heavy atom. The third-order valence-electron chi connectivity index (χ3n) is 4.30. The van der Waals surface area contributed by atoms with Crippen molar-refractivity contribution in [3.8, 4) is 0 Å². The van der Waals surface area contributed by atoms with Crippen molar-refractivity contribution in [2.45, 2.75) is 12.8 Å². The summed E-state index contributed by atoms with van der Waals surface area (Å²) in [6.45, 7) is 1.96. The number of fused-ring (bicyclic) bond motifs is 1. The standard InChI is InChI=1S/C18H22N4O2/c19-7-9-21-13-5-6-14(22-10-8-20)16-15(13)17(23)11-3-1-2-4-12(11)18(16)24/h1-2,5-6,21-22H,3-4,7-10,19-20H2. The van der Waals surface area contributed by atoms with E-state index in [0.717, 1.165) is 0 Å². The number of carbonyl (C=O) groups is 2. The van der Waals surface area contributed by atoms with E-state index in [9.17, 15) is 9.59 Å². The van der Waals surface area contributed by atoms with E-state index in [1.807, 2.05) is 24.3 Å². The zero-order valence-corrected chi connectivity index (χ0v) is 13.5. The second kappa shape index (κ2) is 6.98. The predicted molar refractivity (Wildman–Crippen MR) is 95.6 cm³/mol. The maximum absolute atomic E-state index is 13.0. The molecule has 6 heteroatoms. The van der Waals surface area contributed by atoms with Crippen LogP contribution in [0.1, 0.15) is 33.6 Å². The highest BCUT2D eigenvalue weighted by molar-refractivity contribution is 6.30. The molecular formula is C18H22N4O2. The maximum Gasteiger partial charge on any atom is 0.192 e. The maximum atomic E-state index is 13.0. The minimum atomic E-state index is -0.0696. The van der Waals surface area contributed by atoms with Crippen molar-refractivity contribution in [2.24, 2.45) is 11.5 Å². The number of allylic oxidation sites excluding steroid dienone is 4. The van der Waals surface area contributed by atoms with E-state index in [1.54, 1.807) is 0 Å². The van der Waals surface area contributed by atoms with Crippen molar-refractivity contribution < 1.29 is 9.59 Å². The van der Waals surface area contributed by atoms with Gasteiger partial charge >= 0.3 is 0 Å². The van der Waals surface area contributed by atoms with Gasteiger partial charge in [0.1, 0.15) is 0 Å². The normalized spacial score (nSPS) is 16.1. The van der Waals surface area contributed by atoms with Gasteiger partial charge in [-0.1, -0.05) is 12.2 Å². The SMILES string of the molecule is NCCNc1ccc(NCCN)c2c1C(=O)C1=C(CC=CC1)C2=O. The van der Waals surface area contributed by atoms with Crippen molar-refractivity contribution in [1.29, 1.82) is 0 Å². The lowest BCUT2D eigenvalue weighted by molar-refractivity contribution is 0.0971. The van der Waals surface area contributed by atoms with E-state index in [0.29, 0.717) is 72.7 Å². The Bertz CT molecular complexity index is 689. The molecule has 2 aliphatic rings. The van der Waals surface area contributed by atoms with Crippen LogP contribution >= 0.6 is 0 Å². The van der Waals surface area contributed by atoms with E-state index < -0.39 is 0 Å². The fraction of sp³-hybridized carbons (Fsp3) is 0.333. The lowest BCUT2D eigenvalue weighted by Crippen LogP contribution is -2.27. The molecule has 1 aromatic rings. The molecule has 0 heterocycles. The molecule has 0 spiro atoms. The number of hydrogen-bond donors (Lipinski definition) is 4. The van der Waals surface area contributed by atoms with Crippen LogP contribution in [0.15, 0.2) is 35.4 Å². The molecule has 6 nitrogen and oxygen atoms in total. The van der Waals surface area contributed by atoms with Crippen LogP contribution in [0.4, 0.5) is 11.4 Å². The van der Waals surface area contributed by atoms with Gasteiger partial charge < -0.3 is 22.1 Å². The molecule has 0 atom stereocenters. The summed E-state index contributed by atoms with van der Waals surface area (Å²) in [5.41, 5.74) is 14.6. The molecular weight excluding hydrogens is 304 g/mol. The molecule has 0 saturated carbocycles. The van der Waals surface area contributed by atoms with Crippen LogP contribution in [0.5, 0.6) is 0 Å². The molecule has 3 rings (SSSR count). The number of nitrogens with one attached hydrogen (secondary N) is 2. The molecule has 6 N–H and O–H groups in total. The minimum absolute atomic E-state index is 0.0696. The first-order valence-corrected chi connectivity index (χ1v) is 8.20. The highest BCUT2D eigenvalue weighted by Gasteiger charge is 2.35. The van der Waals surface area contributed by atoms with E-state index in [2.05, 4.69) is 10.6 Å². The summed E-state index contributed by atoms with van der Waals surface area (Å²) in [5.74, 6) is -0.139. The third kappa shape index (κ3) is 2.74. The number of anilines is 2. The smallest absolute Gasteiger partial charge is 0.192 e. The van der Waals surface area contributed by atoms with Gasteiger partial charge in [0.25, 0.3) is 0 Å². The number of rotatable bonds is 6. The van der Waals surface area contributed by atoms with Gasteiger partial charge in [-0.05, 0) is 25.0 Å². The van der Waals surface area contributed by atoms with Gasteiger partial charge in [-0.3, -0.25) is 9.59 Å². The average molecular weight is 326 g/mol. The first-order valence-electron chi connectivity index (χ1n) is 8.20. The van der Waals surface area contributed by atoms with Crippen LogP contribution < -0.4 is 22.1 Å². The monoisotopic (exact) mass is 326 g/mol. The van der Waals surface area contributed by atoms with Gasteiger partial charge in [0, 0.05) is 48.7 Å². The van der Waals surface area contributed by atoms with Gasteiger partial charge in [0.05, 0.1) is 11.1 Å². The molecule has 0 aliphatic heterocycles. The van der Waals surface area contributed by atoms with Gasteiger partial charge in [0.2, 0.25) is 0 Å². The summed E-state index contributed by atoms with van der Waals surface area (Å²) >= 11 is 0. The quantitative estimate of drug-likeness (QED) is 0.589. The van der Waals surface area contributed by atoms with Crippen molar-refractivity contribution >= 4 is 22.9 Å². The van der Waals surface area contributed by atoms with E-state index in [-0.39, 0.29) is 11.6 Å². The summed E-state index contributed by atoms with van der Waals surface area (Å²) in [6.07, 6.45) is 4.91. The van der Waals surface area contributed by atoms with Crippen LogP contribution in [0, 0.1) is 0 Å². The van der Waals surface area contributed by atoms with Gasteiger partial charge in [0.15, 0.2) is 11.6 Å². The molecule has 0 amide bonds. The molecule has 0 aromatic heterocycles. The van der Waals surface area contributed by atoms with Crippen LogP contribution in [-0.4, -0.2) is 37.7 Å². The molecule has 0 saturated heterocycles. The Morgan fingerprint density at radius 2 is 1.21 bits per heavy atom. The van der Waals surface area contributed by atoms with Crippen LogP contribution in [0.2, 0.25) is 0 Å². The molecule has 0 fully saturated rings. The topological polar surface area (TPSA) is 110 Å². The second-order valence-electron chi connectivity index (χ2n) is 5.84. The molecule has 1 aromatic carbocycles. The highest BCUT2D eigenvalue weighted by atomic mass is 16.1. The van der Waals surface area contributed by atoms with E-state index in [4.69, 9.17) is 11.5 Å². The van der Waals surface area contributed by atoms with Gasteiger partial charge in [-0.25, -0.2) is 0 Å². The third-order valence-corrected chi connectivity index (χ3v) is 4.30. The average Bonchev–Trinajstić information content (AvgIpc) is 2.62. The Kier molecular flexibility index (Phi) is 4.78. The Labute approximate surface area is 141 Å². The fourth-order valence-electron chi connectivity index (χ4n) is 3.19. The van der Waals surface area contributed by atoms with Crippen LogP contribution in [-0.2, 0) is 0 Å². The molecule has 0 bridgehead atoms. The van der Waals surface area contributed by atoms with Crippen LogP contribution in [0.3, 0.4) is 0 Å². The second-order valence-corrected chi connectivity index (χ2v) is 5.84. The molecule has 0 radical (unpaired) electrons. The van der Waals surface area contributed by atoms with Gasteiger partial charge in [-0.2, -0.15) is 0 Å². The van der Waals surface area contributed by atoms with Crippen molar-refractivity contribution in [3.05, 3.63) is 46.6 Å². The van der Waals surface area contributed by atoms with Crippen molar-refractivity contribution in [1.82, 2.24) is 0 Å². The summed E-state index contributed by atoms with van der Waals surface area (Å²) in [4.78, 5) is 26.1. The number of ketones is 2. The first kappa shape index (κ1) is 16.4. The lowest BCUT2D eigenvalue weighted by atomic mass is 9.78. The Morgan fingerprint density at radius 1 is 0.792 bits per heavy atom. The summed E-state index contributed by atoms with van der Waals surface area (Å²) < 4.78 is 0. The molecule has 24 heavy (non-hydrogen) atoms. The Balaban J connectivity index is 2.12. The van der Waals surface area contributed by atoms with E-state index >= 15 is 0 Å². The number of Topliss-reactive ketones (excluding diaryl/α,β-unsaturated/α-hetero) is 2. The summed E-state index contributed by atoms with van der Waals surface area (Å²) in [6, 6.07) is 3.64. The lowest BCUT2D eigenvalue weighted by Gasteiger charge is -2.26. The number of hydrogen-bond acceptors (Lipinski definition) is 6. The summed E-state index contributed by atoms with van der Waals surface area (Å²) in [5, 5.41) is 6.32. The highest BCUT2D eigenvalue weighted by Crippen LogP contribution is 2.39. The number of benzene rings is 1. The van der Waals surface area contributed by atoms with Crippen molar-refractivity contribution in [3.63, 3.8) is 0 Å². The zero-order chi connectivity index (χ0) is 17.1. The first-order chi connectivity index (χ1) is 11.7. The Hall–Kier alpha value is -2.44. The van der Waals surface area contributed by atoms with Crippen molar-refractivity contribution in [2.75, 3.05) is 36.8 Å². The number of carbonyl (C=O) groups excluding carboxylic acids is 2. The molecule has 126 valence electrons. The predicted octanol–water partition coefficient (Wildman–Crippen LogP) is 1.45. The number of nitrogens with two attached hydrogens (primary N) is 2. The summed E-state index contributed by atoms with van der Waals surface area (Å²) in [7, 11) is 0. The minimum Gasteiger partial charge on any atom is -0.383 e. The van der Waals surface area contributed by atoms with E-state index in [1.165, 1.54) is 0 Å². The van der Waals surface area contributed by atoms with Crippen LogP contribution in [0.25, 0.3) is 0 Å². The largest absolute Gasteiger partial charge is 0.383 e. The molecule has 0 unspecified atom stereocenters. The molecule has 2 aliphatic carbocycles. The zero-order valence-electron chi connectivity index (χ0n) is 13.5. The fourth-order valence-corrected chi connectivity index (χ4v) is 3.19. The van der Waals surface area contributed by atoms with Gasteiger partial charge in [-0.15, -0.1) is 0 Å².